The molecule has 2 N–H and O–H groups in total. The normalized spacial score (nSPS) is 14.2. The Kier molecular flexibility index (Phi) is 1.63. The molecule has 1 aromatic rings. The van der Waals surface area contributed by atoms with Gasteiger partial charge in [-0.15, -0.1) is 0 Å². The van der Waals surface area contributed by atoms with Crippen molar-refractivity contribution in [2.75, 3.05) is 5.32 Å². The number of benzene rings is 1. The maximum Gasteiger partial charge on any atom is 0.297 e. The predicted molar refractivity (Wildman–Crippen MR) is 48.8 cm³/mol. The smallest absolute Gasteiger partial charge is 0.297 e. The Morgan fingerprint density at radius 2 is 2.00 bits per heavy atom. The number of phenols is 1. The van der Waals surface area contributed by atoms with Crippen molar-refractivity contribution < 1.29 is 14.7 Å². The Morgan fingerprint density at radius 1 is 1.31 bits per heavy atom. The highest BCUT2D eigenvalue weighted by atomic mass is 79.9. The van der Waals surface area contributed by atoms with E-state index in [1.54, 1.807) is 0 Å². The van der Waals surface area contributed by atoms with E-state index in [0.29, 0.717) is 4.47 Å². The van der Waals surface area contributed by atoms with Crippen LogP contribution in [0.15, 0.2) is 16.6 Å². The summed E-state index contributed by atoms with van der Waals surface area (Å²) in [6, 6.07) is 2.92. The third-order valence-electron chi connectivity index (χ3n) is 1.80. The number of carbonyl (C=O) groups excluding carboxylic acids is 2. The standard InChI is InChI=1S/C8H4BrNO3/c9-3-1-2-4(11)6-5(3)7(12)8(13)10-6/h1-2,11H,(H,10,12,13). The summed E-state index contributed by atoms with van der Waals surface area (Å²) < 4.78 is 0.503. The first-order valence-corrected chi connectivity index (χ1v) is 4.27. The Hall–Kier alpha value is -1.36. The Bertz CT molecular complexity index is 428. The topological polar surface area (TPSA) is 66.4 Å². The van der Waals surface area contributed by atoms with Crippen LogP contribution in [0.25, 0.3) is 0 Å². The number of rotatable bonds is 0. The summed E-state index contributed by atoms with van der Waals surface area (Å²) in [6.07, 6.45) is 0. The molecule has 0 aliphatic carbocycles. The molecule has 66 valence electrons. The Morgan fingerprint density at radius 3 is 2.62 bits per heavy atom. The van der Waals surface area contributed by atoms with Gasteiger partial charge < -0.3 is 10.4 Å². The minimum atomic E-state index is -0.711. The van der Waals surface area contributed by atoms with Gasteiger partial charge in [-0.2, -0.15) is 0 Å². The maximum absolute atomic E-state index is 11.2. The first-order valence-electron chi connectivity index (χ1n) is 3.48. The van der Waals surface area contributed by atoms with E-state index >= 15 is 0 Å². The molecular formula is C8H4BrNO3. The zero-order chi connectivity index (χ0) is 9.59. The summed E-state index contributed by atoms with van der Waals surface area (Å²) in [4.78, 5) is 22.2. The Balaban J connectivity index is 2.75. The van der Waals surface area contributed by atoms with E-state index in [0.717, 1.165) is 0 Å². The molecule has 0 saturated heterocycles. The molecule has 1 aromatic carbocycles. The number of fused-ring (bicyclic) bond motifs is 1. The third kappa shape index (κ3) is 1.04. The molecule has 0 bridgehead atoms. The number of hydrogen-bond acceptors (Lipinski definition) is 3. The van der Waals surface area contributed by atoms with Gasteiger partial charge in [0.05, 0.1) is 11.3 Å². The van der Waals surface area contributed by atoms with Gasteiger partial charge in [-0.1, -0.05) is 0 Å². The molecule has 13 heavy (non-hydrogen) atoms. The van der Waals surface area contributed by atoms with Crippen LogP contribution in [0.5, 0.6) is 5.75 Å². The summed E-state index contributed by atoms with van der Waals surface area (Å²) in [7, 11) is 0. The minimum Gasteiger partial charge on any atom is -0.506 e. The fourth-order valence-electron chi connectivity index (χ4n) is 1.20. The van der Waals surface area contributed by atoms with Crippen LogP contribution in [0.3, 0.4) is 0 Å². The lowest BCUT2D eigenvalue weighted by Gasteiger charge is -2.01. The number of hydrogen-bond donors (Lipinski definition) is 2. The molecule has 1 heterocycles. The minimum absolute atomic E-state index is 0.0996. The fraction of sp³-hybridized carbons (Fsp3) is 0. The molecule has 1 aliphatic heterocycles. The number of ketones is 1. The highest BCUT2D eigenvalue weighted by molar-refractivity contribution is 9.10. The molecule has 2 rings (SSSR count). The Labute approximate surface area is 81.7 Å². The van der Waals surface area contributed by atoms with Gasteiger partial charge in [0.15, 0.2) is 0 Å². The number of carbonyl (C=O) groups is 2. The van der Waals surface area contributed by atoms with Crippen molar-refractivity contribution in [2.45, 2.75) is 0 Å². The van der Waals surface area contributed by atoms with Gasteiger partial charge in [-0.05, 0) is 28.1 Å². The van der Waals surface area contributed by atoms with Crippen LogP contribution in [0.4, 0.5) is 5.69 Å². The van der Waals surface area contributed by atoms with Crippen molar-refractivity contribution in [2.24, 2.45) is 0 Å². The second kappa shape index (κ2) is 2.56. The predicted octanol–water partition coefficient (Wildman–Crippen LogP) is 1.29. The van der Waals surface area contributed by atoms with Crippen molar-refractivity contribution in [1.82, 2.24) is 0 Å². The van der Waals surface area contributed by atoms with Crippen molar-refractivity contribution >= 4 is 33.3 Å². The lowest BCUT2D eigenvalue weighted by atomic mass is 10.1. The van der Waals surface area contributed by atoms with Gasteiger partial charge in [0.25, 0.3) is 11.7 Å². The summed E-state index contributed by atoms with van der Waals surface area (Å²) in [5.41, 5.74) is 0.384. The number of phenolic OH excluding ortho intramolecular Hbond substituents is 1. The van der Waals surface area contributed by atoms with Crippen LogP contribution in [0.2, 0.25) is 0 Å². The quantitative estimate of drug-likeness (QED) is 0.532. The summed E-state index contributed by atoms with van der Waals surface area (Å²) in [6.45, 7) is 0. The number of anilines is 1. The van der Waals surface area contributed by atoms with E-state index in [-0.39, 0.29) is 17.0 Å². The van der Waals surface area contributed by atoms with Crippen molar-refractivity contribution in [3.05, 3.63) is 22.2 Å². The largest absolute Gasteiger partial charge is 0.506 e. The summed E-state index contributed by atoms with van der Waals surface area (Å²) in [5, 5.41) is 11.6. The van der Waals surface area contributed by atoms with Gasteiger partial charge in [0, 0.05) is 4.47 Å². The monoisotopic (exact) mass is 241 g/mol. The highest BCUT2D eigenvalue weighted by Gasteiger charge is 2.32. The highest BCUT2D eigenvalue weighted by Crippen LogP contribution is 2.36. The molecule has 0 unspecified atom stereocenters. The van der Waals surface area contributed by atoms with Crippen molar-refractivity contribution in [3.8, 4) is 5.75 Å². The van der Waals surface area contributed by atoms with Gasteiger partial charge in [0.2, 0.25) is 0 Å². The average Bonchev–Trinajstić information content (AvgIpc) is 2.38. The third-order valence-corrected chi connectivity index (χ3v) is 2.47. The second-order valence-corrected chi connectivity index (χ2v) is 3.45. The van der Waals surface area contributed by atoms with E-state index in [1.807, 2.05) is 0 Å². The molecule has 4 nitrogen and oxygen atoms in total. The zero-order valence-corrected chi connectivity index (χ0v) is 7.88. The van der Waals surface area contributed by atoms with Gasteiger partial charge in [-0.25, -0.2) is 0 Å². The van der Waals surface area contributed by atoms with Crippen LogP contribution in [-0.2, 0) is 4.79 Å². The number of Topliss-reactive ketones (excluding diaryl/α,β-unsaturated/α-hetero) is 1. The first-order chi connectivity index (χ1) is 6.11. The fourth-order valence-corrected chi connectivity index (χ4v) is 1.71. The van der Waals surface area contributed by atoms with Crippen LogP contribution in [0, 0.1) is 0 Å². The van der Waals surface area contributed by atoms with Crippen LogP contribution >= 0.6 is 15.9 Å². The SMILES string of the molecule is O=C1Nc2c(O)ccc(Br)c2C1=O. The van der Waals surface area contributed by atoms with Crippen LogP contribution in [0.1, 0.15) is 10.4 Å². The van der Waals surface area contributed by atoms with E-state index in [4.69, 9.17) is 0 Å². The van der Waals surface area contributed by atoms with E-state index in [1.165, 1.54) is 12.1 Å². The van der Waals surface area contributed by atoms with Crippen molar-refractivity contribution in [1.29, 1.82) is 0 Å². The summed E-state index contributed by atoms with van der Waals surface area (Å²) in [5.74, 6) is -1.44. The van der Waals surface area contributed by atoms with E-state index in [9.17, 15) is 14.7 Å². The average molecular weight is 242 g/mol. The molecular weight excluding hydrogens is 238 g/mol. The first kappa shape index (κ1) is 8.25. The number of nitrogens with one attached hydrogen (secondary N) is 1. The van der Waals surface area contributed by atoms with Crippen molar-refractivity contribution in [3.63, 3.8) is 0 Å². The second-order valence-electron chi connectivity index (χ2n) is 2.60. The summed E-state index contributed by atoms with van der Waals surface area (Å²) >= 11 is 3.13. The molecule has 0 radical (unpaired) electrons. The number of halogens is 1. The molecule has 5 heteroatoms. The van der Waals surface area contributed by atoms with Crippen LogP contribution < -0.4 is 5.32 Å². The zero-order valence-electron chi connectivity index (χ0n) is 6.30. The molecule has 0 aromatic heterocycles. The van der Waals surface area contributed by atoms with Gasteiger partial charge >= 0.3 is 0 Å². The molecule has 1 aliphatic rings. The lowest BCUT2D eigenvalue weighted by molar-refractivity contribution is -0.112. The number of amides is 1. The van der Waals surface area contributed by atoms with Crippen LogP contribution in [-0.4, -0.2) is 16.8 Å². The van der Waals surface area contributed by atoms with Gasteiger partial charge in [0.1, 0.15) is 5.75 Å². The molecule has 0 atom stereocenters. The molecule has 0 spiro atoms. The maximum atomic E-state index is 11.2. The van der Waals surface area contributed by atoms with Gasteiger partial charge in [-0.3, -0.25) is 9.59 Å². The molecule has 1 amide bonds. The molecule has 0 fully saturated rings. The molecule has 0 saturated carbocycles. The van der Waals surface area contributed by atoms with E-state index < -0.39 is 11.7 Å². The number of aromatic hydroxyl groups is 1. The lowest BCUT2D eigenvalue weighted by Crippen LogP contribution is -2.12. The van der Waals surface area contributed by atoms with E-state index in [2.05, 4.69) is 21.2 Å².